The molecule has 1 atom stereocenters. The van der Waals surface area contributed by atoms with Crippen LogP contribution in [0.5, 0.6) is 0 Å². The van der Waals surface area contributed by atoms with Gasteiger partial charge in [-0.2, -0.15) is 14.6 Å². The molecule has 0 saturated carbocycles. The van der Waals surface area contributed by atoms with Crippen LogP contribution < -0.4 is 5.32 Å². The normalized spacial score (nSPS) is 12.6. The second kappa shape index (κ2) is 8.93. The molecule has 0 aliphatic carbocycles. The fraction of sp³-hybridized carbons (Fsp3) is 0.500. The Balaban J connectivity index is 0.000000220. The molecule has 0 aromatic carbocycles. The first kappa shape index (κ1) is 20.6. The SMILES string of the molecule is CNc1c(CCC(C)CC(C)(C)C)cnc2ncnn12.c1cnc2cnnn2c1. The van der Waals surface area contributed by atoms with Gasteiger partial charge in [0.05, 0.1) is 6.20 Å². The lowest BCUT2D eigenvalue weighted by molar-refractivity contribution is 0.297. The van der Waals surface area contributed by atoms with Crippen LogP contribution in [-0.2, 0) is 6.42 Å². The molecule has 154 valence electrons. The topological polar surface area (TPSA) is 98.2 Å². The summed E-state index contributed by atoms with van der Waals surface area (Å²) in [5, 5.41) is 14.8. The predicted molar refractivity (Wildman–Crippen MR) is 113 cm³/mol. The largest absolute Gasteiger partial charge is 0.373 e. The Labute approximate surface area is 170 Å². The fourth-order valence-electron chi connectivity index (χ4n) is 3.49. The number of aryl methyl sites for hydroxylation is 1. The molecule has 0 saturated heterocycles. The summed E-state index contributed by atoms with van der Waals surface area (Å²) in [7, 11) is 1.92. The van der Waals surface area contributed by atoms with Crippen LogP contribution in [0.3, 0.4) is 0 Å². The van der Waals surface area contributed by atoms with Gasteiger partial charge in [0.15, 0.2) is 5.65 Å². The van der Waals surface area contributed by atoms with Crippen LogP contribution in [0.2, 0.25) is 0 Å². The predicted octanol–water partition coefficient (Wildman–Crippen LogP) is 3.30. The zero-order valence-corrected chi connectivity index (χ0v) is 17.7. The van der Waals surface area contributed by atoms with Gasteiger partial charge in [-0.15, -0.1) is 5.10 Å². The van der Waals surface area contributed by atoms with Crippen LogP contribution in [0.25, 0.3) is 11.4 Å². The van der Waals surface area contributed by atoms with E-state index < -0.39 is 0 Å². The summed E-state index contributed by atoms with van der Waals surface area (Å²) < 4.78 is 3.38. The van der Waals surface area contributed by atoms with Crippen LogP contribution in [-0.4, -0.2) is 46.4 Å². The zero-order chi connectivity index (χ0) is 20.9. The standard InChI is InChI=1S/C15H25N5.C5H4N4/c1-11(8-15(2,3)4)6-7-12-9-17-14-18-10-19-20(14)13(12)16-5;1-2-6-5-4-7-8-9(5)3-1/h9-11,16H,6-8H2,1-5H3;1-4H. The molecule has 29 heavy (non-hydrogen) atoms. The van der Waals surface area contributed by atoms with Crippen LogP contribution in [0.4, 0.5) is 5.82 Å². The number of aromatic nitrogens is 8. The van der Waals surface area contributed by atoms with E-state index in [2.05, 4.69) is 63.4 Å². The second-order valence-corrected chi connectivity index (χ2v) is 8.42. The highest BCUT2D eigenvalue weighted by molar-refractivity contribution is 5.48. The van der Waals surface area contributed by atoms with Crippen molar-refractivity contribution in [1.82, 2.24) is 39.4 Å². The van der Waals surface area contributed by atoms with Gasteiger partial charge in [0.1, 0.15) is 12.1 Å². The van der Waals surface area contributed by atoms with Gasteiger partial charge in [-0.25, -0.2) is 14.5 Å². The van der Waals surface area contributed by atoms with E-state index in [4.69, 9.17) is 0 Å². The maximum atomic E-state index is 4.35. The molecule has 1 unspecified atom stereocenters. The molecular formula is C20H29N9. The van der Waals surface area contributed by atoms with Crippen LogP contribution >= 0.6 is 0 Å². The van der Waals surface area contributed by atoms with Gasteiger partial charge in [-0.05, 0) is 36.7 Å². The molecule has 9 heteroatoms. The Kier molecular flexibility index (Phi) is 6.36. The molecular weight excluding hydrogens is 366 g/mol. The highest BCUT2D eigenvalue weighted by Gasteiger charge is 2.16. The number of nitrogens with zero attached hydrogens (tertiary/aromatic N) is 8. The highest BCUT2D eigenvalue weighted by atomic mass is 15.4. The number of rotatable bonds is 5. The monoisotopic (exact) mass is 395 g/mol. The molecule has 4 aromatic heterocycles. The lowest BCUT2D eigenvalue weighted by Gasteiger charge is -2.23. The smallest absolute Gasteiger partial charge is 0.254 e. The van der Waals surface area contributed by atoms with Crippen molar-refractivity contribution in [2.45, 2.75) is 47.0 Å². The van der Waals surface area contributed by atoms with Crippen molar-refractivity contribution in [3.63, 3.8) is 0 Å². The molecule has 0 spiro atoms. The summed E-state index contributed by atoms with van der Waals surface area (Å²) in [5.41, 5.74) is 2.36. The van der Waals surface area contributed by atoms with E-state index in [0.717, 1.165) is 24.3 Å². The Hall–Kier alpha value is -3.10. The molecule has 1 N–H and O–H groups in total. The third-order valence-corrected chi connectivity index (χ3v) is 4.56. The van der Waals surface area contributed by atoms with E-state index in [0.29, 0.717) is 17.1 Å². The van der Waals surface area contributed by atoms with Gasteiger partial charge >= 0.3 is 0 Å². The molecule has 0 fully saturated rings. The van der Waals surface area contributed by atoms with E-state index in [1.807, 2.05) is 19.3 Å². The average Bonchev–Trinajstić information content (AvgIpc) is 3.34. The van der Waals surface area contributed by atoms with E-state index in [-0.39, 0.29) is 0 Å². The number of anilines is 1. The molecule has 4 heterocycles. The molecule has 0 amide bonds. The summed E-state index contributed by atoms with van der Waals surface area (Å²) in [6.45, 7) is 9.22. The minimum absolute atomic E-state index is 0.388. The van der Waals surface area contributed by atoms with Gasteiger partial charge in [0.2, 0.25) is 0 Å². The Morgan fingerprint density at radius 1 is 1.14 bits per heavy atom. The first-order valence-electron chi connectivity index (χ1n) is 9.84. The molecule has 4 aromatic rings. The van der Waals surface area contributed by atoms with E-state index in [1.165, 1.54) is 18.3 Å². The van der Waals surface area contributed by atoms with Crippen molar-refractivity contribution in [2.24, 2.45) is 11.3 Å². The zero-order valence-electron chi connectivity index (χ0n) is 17.7. The first-order valence-corrected chi connectivity index (χ1v) is 9.84. The van der Waals surface area contributed by atoms with Gasteiger partial charge in [-0.1, -0.05) is 32.9 Å². The molecule has 0 bridgehead atoms. The van der Waals surface area contributed by atoms with Crippen LogP contribution in [0, 0.1) is 11.3 Å². The summed E-state index contributed by atoms with van der Waals surface area (Å²) in [5.74, 6) is 2.34. The maximum Gasteiger partial charge on any atom is 0.254 e. The van der Waals surface area contributed by atoms with Crippen molar-refractivity contribution < 1.29 is 0 Å². The number of hydrogen-bond donors (Lipinski definition) is 1. The molecule has 0 aliphatic heterocycles. The highest BCUT2D eigenvalue weighted by Crippen LogP contribution is 2.27. The molecule has 0 radical (unpaired) electrons. The quantitative estimate of drug-likeness (QED) is 0.553. The summed E-state index contributed by atoms with van der Waals surface area (Å²) in [4.78, 5) is 12.4. The molecule has 0 aliphatic rings. The third kappa shape index (κ3) is 5.46. The van der Waals surface area contributed by atoms with Crippen LogP contribution in [0.1, 0.15) is 46.1 Å². The lowest BCUT2D eigenvalue weighted by Crippen LogP contribution is -2.12. The van der Waals surface area contributed by atoms with Crippen molar-refractivity contribution >= 4 is 17.2 Å². The van der Waals surface area contributed by atoms with Crippen molar-refractivity contribution in [3.05, 3.63) is 42.7 Å². The third-order valence-electron chi connectivity index (χ3n) is 4.56. The lowest BCUT2D eigenvalue weighted by atomic mass is 9.83. The van der Waals surface area contributed by atoms with Crippen molar-refractivity contribution in [1.29, 1.82) is 0 Å². The minimum Gasteiger partial charge on any atom is -0.373 e. The van der Waals surface area contributed by atoms with Gasteiger partial charge < -0.3 is 5.32 Å². The number of fused-ring (bicyclic) bond motifs is 2. The fourth-order valence-corrected chi connectivity index (χ4v) is 3.49. The Morgan fingerprint density at radius 3 is 2.69 bits per heavy atom. The Morgan fingerprint density at radius 2 is 1.97 bits per heavy atom. The first-order chi connectivity index (χ1) is 13.9. The summed E-state index contributed by atoms with van der Waals surface area (Å²) >= 11 is 0. The van der Waals surface area contributed by atoms with E-state index >= 15 is 0 Å². The summed E-state index contributed by atoms with van der Waals surface area (Å²) in [6.07, 6.45) is 12.0. The average molecular weight is 396 g/mol. The van der Waals surface area contributed by atoms with Gasteiger partial charge in [0.25, 0.3) is 5.78 Å². The number of hydrogen-bond acceptors (Lipinski definition) is 7. The van der Waals surface area contributed by atoms with Crippen LogP contribution in [0.15, 0.2) is 37.2 Å². The van der Waals surface area contributed by atoms with Gasteiger partial charge in [-0.3, -0.25) is 0 Å². The second-order valence-electron chi connectivity index (χ2n) is 8.42. The summed E-state index contributed by atoms with van der Waals surface area (Å²) in [6, 6.07) is 1.81. The Bertz CT molecular complexity index is 1010. The minimum atomic E-state index is 0.388. The van der Waals surface area contributed by atoms with E-state index in [1.54, 1.807) is 27.6 Å². The van der Waals surface area contributed by atoms with Crippen molar-refractivity contribution in [2.75, 3.05) is 12.4 Å². The maximum absolute atomic E-state index is 4.35. The van der Waals surface area contributed by atoms with Gasteiger partial charge in [0, 0.05) is 31.2 Å². The van der Waals surface area contributed by atoms with Crippen molar-refractivity contribution in [3.8, 4) is 0 Å². The molecule has 9 nitrogen and oxygen atoms in total. The molecule has 4 rings (SSSR count). The number of nitrogens with one attached hydrogen (secondary N) is 1. The van der Waals surface area contributed by atoms with E-state index in [9.17, 15) is 0 Å².